The van der Waals surface area contributed by atoms with Crippen LogP contribution in [0.15, 0.2) is 70.2 Å². The van der Waals surface area contributed by atoms with Crippen LogP contribution in [-0.4, -0.2) is 30.3 Å². The highest BCUT2D eigenvalue weighted by Gasteiger charge is 2.14. The van der Waals surface area contributed by atoms with Gasteiger partial charge in [-0.25, -0.2) is 8.42 Å². The lowest BCUT2D eigenvalue weighted by Gasteiger charge is -2.08. The van der Waals surface area contributed by atoms with Crippen LogP contribution >= 0.6 is 15.9 Å². The molecule has 0 bridgehead atoms. The molecule has 0 aliphatic heterocycles. The monoisotopic (exact) mass is 445 g/mol. The molecule has 0 unspecified atom stereocenters. The fraction of sp³-hybridized carbons (Fsp3) is 0.105. The van der Waals surface area contributed by atoms with E-state index >= 15 is 0 Å². The first-order valence-corrected chi connectivity index (χ1v) is 10.6. The van der Waals surface area contributed by atoms with E-state index in [9.17, 15) is 13.2 Å². The van der Waals surface area contributed by atoms with Gasteiger partial charge in [-0.2, -0.15) is 0 Å². The predicted octanol–water partition coefficient (Wildman–Crippen LogP) is 3.95. The van der Waals surface area contributed by atoms with Crippen LogP contribution in [0.25, 0.3) is 11.3 Å². The van der Waals surface area contributed by atoms with E-state index in [4.69, 9.17) is 0 Å². The second kappa shape index (κ2) is 7.98. The number of carbonyl (C=O) groups is 1. The smallest absolute Gasteiger partial charge is 0.255 e. The van der Waals surface area contributed by atoms with E-state index in [0.717, 1.165) is 10.0 Å². The molecule has 27 heavy (non-hydrogen) atoms. The molecule has 0 saturated carbocycles. The lowest BCUT2D eigenvalue weighted by Crippen LogP contribution is -2.11. The van der Waals surface area contributed by atoms with Gasteiger partial charge >= 0.3 is 0 Å². The standard InChI is InChI=1S/C19H16BrN3O3S/c1-2-27(25,26)18-11-10-17(22-23-18)14-4-3-5-16(12-14)21-19(24)13-6-8-15(20)9-7-13/h3-12H,2H2,1H3,(H,21,24). The average molecular weight is 446 g/mol. The minimum absolute atomic E-state index is 0.0292. The van der Waals surface area contributed by atoms with Crippen molar-refractivity contribution in [3.63, 3.8) is 0 Å². The predicted molar refractivity (Wildman–Crippen MR) is 107 cm³/mol. The largest absolute Gasteiger partial charge is 0.322 e. The summed E-state index contributed by atoms with van der Waals surface area (Å²) in [4.78, 5) is 12.3. The number of halogens is 1. The number of aromatic nitrogens is 2. The van der Waals surface area contributed by atoms with Gasteiger partial charge in [-0.3, -0.25) is 4.79 Å². The minimum atomic E-state index is -3.39. The zero-order valence-electron chi connectivity index (χ0n) is 14.4. The van der Waals surface area contributed by atoms with Gasteiger partial charge < -0.3 is 5.32 Å². The van der Waals surface area contributed by atoms with Crippen LogP contribution < -0.4 is 5.32 Å². The van der Waals surface area contributed by atoms with Gasteiger partial charge in [0.05, 0.1) is 11.4 Å². The molecule has 0 aliphatic rings. The Balaban J connectivity index is 1.81. The van der Waals surface area contributed by atoms with Crippen LogP contribution in [0.2, 0.25) is 0 Å². The lowest BCUT2D eigenvalue weighted by atomic mass is 10.1. The molecule has 0 spiro atoms. The first-order chi connectivity index (χ1) is 12.9. The van der Waals surface area contributed by atoms with Crippen molar-refractivity contribution in [2.45, 2.75) is 11.9 Å². The number of hydrogen-bond acceptors (Lipinski definition) is 5. The van der Waals surface area contributed by atoms with Crippen molar-refractivity contribution in [3.05, 3.63) is 70.7 Å². The zero-order valence-corrected chi connectivity index (χ0v) is 16.8. The summed E-state index contributed by atoms with van der Waals surface area (Å²) in [6.07, 6.45) is 0. The highest BCUT2D eigenvalue weighted by molar-refractivity contribution is 9.10. The summed E-state index contributed by atoms with van der Waals surface area (Å²) in [5, 5.41) is 10.6. The molecule has 8 heteroatoms. The normalized spacial score (nSPS) is 11.2. The molecule has 138 valence electrons. The number of nitrogens with zero attached hydrogens (tertiary/aromatic N) is 2. The lowest BCUT2D eigenvalue weighted by molar-refractivity contribution is 0.102. The Morgan fingerprint density at radius 3 is 2.41 bits per heavy atom. The van der Waals surface area contributed by atoms with Gasteiger partial charge in [0.25, 0.3) is 5.91 Å². The number of nitrogens with one attached hydrogen (secondary N) is 1. The number of benzene rings is 2. The minimum Gasteiger partial charge on any atom is -0.322 e. The third kappa shape index (κ3) is 4.58. The van der Waals surface area contributed by atoms with Gasteiger partial charge in [0.15, 0.2) is 14.9 Å². The SMILES string of the molecule is CCS(=O)(=O)c1ccc(-c2cccc(NC(=O)c3ccc(Br)cc3)c2)nn1. The van der Waals surface area contributed by atoms with E-state index in [0.29, 0.717) is 16.9 Å². The van der Waals surface area contributed by atoms with E-state index in [1.165, 1.54) is 6.07 Å². The van der Waals surface area contributed by atoms with Crippen molar-refractivity contribution < 1.29 is 13.2 Å². The topological polar surface area (TPSA) is 89.0 Å². The summed E-state index contributed by atoms with van der Waals surface area (Å²) in [5.74, 6) is -0.256. The molecule has 0 radical (unpaired) electrons. The Labute approximate surface area is 165 Å². The number of hydrogen-bond donors (Lipinski definition) is 1. The summed E-state index contributed by atoms with van der Waals surface area (Å²) in [7, 11) is -3.39. The summed E-state index contributed by atoms with van der Waals surface area (Å²) < 4.78 is 24.6. The van der Waals surface area contributed by atoms with E-state index in [1.807, 2.05) is 6.07 Å². The van der Waals surface area contributed by atoms with Crippen LogP contribution in [0.4, 0.5) is 5.69 Å². The van der Waals surface area contributed by atoms with Crippen molar-refractivity contribution in [2.75, 3.05) is 11.1 Å². The molecule has 1 aromatic heterocycles. The molecule has 0 saturated heterocycles. The molecule has 2 aromatic carbocycles. The van der Waals surface area contributed by atoms with Gasteiger partial charge in [0, 0.05) is 21.3 Å². The number of amides is 1. The quantitative estimate of drug-likeness (QED) is 0.641. The van der Waals surface area contributed by atoms with E-state index in [-0.39, 0.29) is 16.7 Å². The third-order valence-corrected chi connectivity index (χ3v) is 6.01. The Morgan fingerprint density at radius 2 is 1.78 bits per heavy atom. The number of sulfone groups is 1. The highest BCUT2D eigenvalue weighted by Crippen LogP contribution is 2.22. The van der Waals surface area contributed by atoms with Crippen LogP contribution in [0, 0.1) is 0 Å². The summed E-state index contributed by atoms with van der Waals surface area (Å²) >= 11 is 3.34. The average Bonchev–Trinajstić information content (AvgIpc) is 2.69. The van der Waals surface area contributed by atoms with Crippen molar-refractivity contribution in [3.8, 4) is 11.3 Å². The van der Waals surface area contributed by atoms with Gasteiger partial charge in [0.1, 0.15) is 0 Å². The van der Waals surface area contributed by atoms with Gasteiger partial charge in [-0.15, -0.1) is 10.2 Å². The summed E-state index contributed by atoms with van der Waals surface area (Å²) in [6.45, 7) is 1.56. The van der Waals surface area contributed by atoms with E-state index < -0.39 is 9.84 Å². The summed E-state index contributed by atoms with van der Waals surface area (Å²) in [6, 6.07) is 17.2. The van der Waals surface area contributed by atoms with Crippen LogP contribution in [0.5, 0.6) is 0 Å². The Bertz CT molecular complexity index is 1070. The molecule has 1 heterocycles. The first-order valence-electron chi connectivity index (χ1n) is 8.13. The Morgan fingerprint density at radius 1 is 1.04 bits per heavy atom. The maximum atomic E-state index is 12.3. The van der Waals surface area contributed by atoms with Crippen LogP contribution in [0.3, 0.4) is 0 Å². The maximum absolute atomic E-state index is 12.3. The molecule has 0 aliphatic carbocycles. The molecule has 1 amide bonds. The van der Waals surface area contributed by atoms with Crippen molar-refractivity contribution >= 4 is 37.4 Å². The maximum Gasteiger partial charge on any atom is 0.255 e. The Hall–Kier alpha value is -2.58. The molecule has 6 nitrogen and oxygen atoms in total. The summed E-state index contributed by atoms with van der Waals surface area (Å²) in [5.41, 5.74) is 2.38. The fourth-order valence-corrected chi connectivity index (χ4v) is 3.35. The second-order valence-electron chi connectivity index (χ2n) is 5.70. The first kappa shape index (κ1) is 19.2. The highest BCUT2D eigenvalue weighted by atomic mass is 79.9. The van der Waals surface area contributed by atoms with Gasteiger partial charge in [-0.05, 0) is 48.5 Å². The molecule has 1 N–H and O–H groups in total. The van der Waals surface area contributed by atoms with Crippen molar-refractivity contribution in [2.24, 2.45) is 0 Å². The van der Waals surface area contributed by atoms with Crippen LogP contribution in [0.1, 0.15) is 17.3 Å². The van der Waals surface area contributed by atoms with E-state index in [1.54, 1.807) is 55.5 Å². The number of carbonyl (C=O) groups excluding carboxylic acids is 1. The molecule has 0 atom stereocenters. The fourth-order valence-electron chi connectivity index (χ4n) is 2.35. The molecular weight excluding hydrogens is 430 g/mol. The number of rotatable bonds is 5. The second-order valence-corrected chi connectivity index (χ2v) is 8.84. The van der Waals surface area contributed by atoms with Crippen molar-refractivity contribution in [1.82, 2.24) is 10.2 Å². The number of anilines is 1. The molecule has 3 aromatic rings. The third-order valence-electron chi connectivity index (χ3n) is 3.86. The molecular formula is C19H16BrN3O3S. The van der Waals surface area contributed by atoms with Crippen molar-refractivity contribution in [1.29, 1.82) is 0 Å². The zero-order chi connectivity index (χ0) is 19.4. The van der Waals surface area contributed by atoms with Crippen LogP contribution in [-0.2, 0) is 9.84 Å². The Kier molecular flexibility index (Phi) is 5.67. The van der Waals surface area contributed by atoms with E-state index in [2.05, 4.69) is 31.4 Å². The van der Waals surface area contributed by atoms with Gasteiger partial charge in [0.2, 0.25) is 0 Å². The molecule has 0 fully saturated rings. The van der Waals surface area contributed by atoms with Gasteiger partial charge in [-0.1, -0.05) is 35.0 Å². The molecule has 3 rings (SSSR count).